The summed E-state index contributed by atoms with van der Waals surface area (Å²) < 4.78 is 26.9. The summed E-state index contributed by atoms with van der Waals surface area (Å²) in [6.07, 6.45) is 1.28. The minimum atomic E-state index is -0.869. The molecule has 1 amide bonds. The molecule has 0 bridgehead atoms. The zero-order valence-electron chi connectivity index (χ0n) is 11.9. The third kappa shape index (κ3) is 4.07. The number of amides is 1. The highest BCUT2D eigenvalue weighted by Crippen LogP contribution is 2.30. The van der Waals surface area contributed by atoms with Gasteiger partial charge in [0, 0.05) is 18.4 Å². The Morgan fingerprint density at radius 1 is 1.39 bits per heavy atom. The van der Waals surface area contributed by atoms with Crippen LogP contribution in [0.3, 0.4) is 0 Å². The van der Waals surface area contributed by atoms with Crippen LogP contribution in [-0.2, 0) is 4.79 Å². The molecule has 0 aliphatic carbocycles. The van der Waals surface area contributed by atoms with Gasteiger partial charge in [0.1, 0.15) is 11.6 Å². The topological polar surface area (TPSA) is 110 Å². The Bertz CT molecular complexity index is 785. The minimum Gasteiger partial charge on any atom is -0.369 e. The van der Waals surface area contributed by atoms with Crippen molar-refractivity contribution in [2.45, 2.75) is 6.92 Å². The van der Waals surface area contributed by atoms with Crippen molar-refractivity contribution in [1.82, 2.24) is 4.98 Å². The maximum Gasteiger partial charge on any atom is 0.230 e. The summed E-state index contributed by atoms with van der Waals surface area (Å²) in [4.78, 5) is 17.0. The number of nitrogens with zero attached hydrogens (tertiary/aromatic N) is 4. The summed E-state index contributed by atoms with van der Waals surface area (Å²) in [6.45, 7) is 1.25. The van der Waals surface area contributed by atoms with E-state index < -0.39 is 17.5 Å². The number of carbonyl (C=O) groups excluding carboxylic acids is 1. The Morgan fingerprint density at radius 2 is 2.13 bits per heavy atom. The number of benzene rings is 1. The van der Waals surface area contributed by atoms with E-state index in [-0.39, 0.29) is 16.8 Å². The molecule has 0 saturated heterocycles. The van der Waals surface area contributed by atoms with E-state index in [1.165, 1.54) is 19.2 Å². The Kier molecular flexibility index (Phi) is 4.96. The first kappa shape index (κ1) is 16.5. The first-order chi connectivity index (χ1) is 10.9. The van der Waals surface area contributed by atoms with E-state index in [2.05, 4.69) is 15.2 Å². The molecular formula is C13H12F2N6OS. The van der Waals surface area contributed by atoms with Crippen LogP contribution in [0.1, 0.15) is 12.6 Å². The maximum absolute atomic E-state index is 13.9. The Morgan fingerprint density at radius 3 is 2.74 bits per heavy atom. The first-order valence-corrected chi connectivity index (χ1v) is 7.09. The predicted molar refractivity (Wildman–Crippen MR) is 84.7 cm³/mol. The molecule has 7 nitrogen and oxygen atoms in total. The SMILES string of the molecule is CC(=O)N(c1nc(/C=N\N=C(N)N)cs1)c1ccc(F)cc1F. The van der Waals surface area contributed by atoms with Gasteiger partial charge in [-0.15, -0.1) is 16.4 Å². The number of hydrogen-bond donors (Lipinski definition) is 2. The van der Waals surface area contributed by atoms with E-state index >= 15 is 0 Å². The molecule has 1 heterocycles. The van der Waals surface area contributed by atoms with Gasteiger partial charge in [0.2, 0.25) is 11.9 Å². The summed E-state index contributed by atoms with van der Waals surface area (Å²) in [6, 6.07) is 2.92. The molecule has 0 spiro atoms. The van der Waals surface area contributed by atoms with Crippen molar-refractivity contribution in [3.8, 4) is 0 Å². The molecule has 2 aromatic rings. The van der Waals surface area contributed by atoms with Crippen molar-refractivity contribution in [2.75, 3.05) is 4.90 Å². The first-order valence-electron chi connectivity index (χ1n) is 6.21. The van der Waals surface area contributed by atoms with Crippen LogP contribution in [0.2, 0.25) is 0 Å². The summed E-state index contributed by atoms with van der Waals surface area (Å²) in [5, 5.41) is 8.79. The lowest BCUT2D eigenvalue weighted by molar-refractivity contribution is -0.115. The number of halogens is 2. The van der Waals surface area contributed by atoms with Crippen molar-refractivity contribution in [1.29, 1.82) is 0 Å². The monoisotopic (exact) mass is 338 g/mol. The predicted octanol–water partition coefficient (Wildman–Crippen LogP) is 1.71. The van der Waals surface area contributed by atoms with Gasteiger partial charge >= 0.3 is 0 Å². The highest BCUT2D eigenvalue weighted by molar-refractivity contribution is 7.14. The number of guanidine groups is 1. The fourth-order valence-electron chi connectivity index (χ4n) is 1.66. The van der Waals surface area contributed by atoms with Crippen LogP contribution in [0.15, 0.2) is 33.8 Å². The van der Waals surface area contributed by atoms with E-state index in [1.54, 1.807) is 5.38 Å². The van der Waals surface area contributed by atoms with Crippen molar-refractivity contribution < 1.29 is 13.6 Å². The molecule has 0 aliphatic heterocycles. The number of aromatic nitrogens is 1. The van der Waals surface area contributed by atoms with Gasteiger partial charge in [0.25, 0.3) is 0 Å². The second-order valence-corrected chi connectivity index (χ2v) is 5.11. The molecule has 0 unspecified atom stereocenters. The van der Waals surface area contributed by atoms with E-state index in [4.69, 9.17) is 11.5 Å². The van der Waals surface area contributed by atoms with Gasteiger partial charge in [0.05, 0.1) is 17.6 Å². The molecular weight excluding hydrogens is 326 g/mol. The lowest BCUT2D eigenvalue weighted by Gasteiger charge is -2.18. The normalized spacial score (nSPS) is 10.7. The van der Waals surface area contributed by atoms with Crippen molar-refractivity contribution >= 4 is 40.2 Å². The Hall–Kier alpha value is -2.88. The summed E-state index contributed by atoms with van der Waals surface area (Å²) in [5.41, 5.74) is 10.5. The molecule has 2 rings (SSSR count). The summed E-state index contributed by atoms with van der Waals surface area (Å²) >= 11 is 1.08. The van der Waals surface area contributed by atoms with E-state index in [1.807, 2.05) is 0 Å². The van der Waals surface area contributed by atoms with Crippen molar-refractivity contribution in [3.05, 3.63) is 40.9 Å². The second-order valence-electron chi connectivity index (χ2n) is 4.27. The molecule has 0 saturated carbocycles. The van der Waals surface area contributed by atoms with Gasteiger partial charge < -0.3 is 11.5 Å². The molecule has 0 atom stereocenters. The van der Waals surface area contributed by atoms with Crippen LogP contribution in [-0.4, -0.2) is 23.1 Å². The van der Waals surface area contributed by atoms with E-state index in [0.29, 0.717) is 11.8 Å². The lowest BCUT2D eigenvalue weighted by Crippen LogP contribution is -2.23. The molecule has 0 aliphatic rings. The molecule has 10 heteroatoms. The van der Waals surface area contributed by atoms with Crippen LogP contribution >= 0.6 is 11.3 Å². The van der Waals surface area contributed by atoms with Crippen molar-refractivity contribution in [3.63, 3.8) is 0 Å². The van der Waals surface area contributed by atoms with Crippen LogP contribution < -0.4 is 16.4 Å². The van der Waals surface area contributed by atoms with Crippen LogP contribution in [0.25, 0.3) is 0 Å². The molecule has 1 aromatic heterocycles. The maximum atomic E-state index is 13.9. The third-order valence-corrected chi connectivity index (χ3v) is 3.37. The van der Waals surface area contributed by atoms with E-state index in [9.17, 15) is 13.6 Å². The van der Waals surface area contributed by atoms with Gasteiger partial charge in [-0.05, 0) is 12.1 Å². The average Bonchev–Trinajstić information content (AvgIpc) is 2.89. The summed E-state index contributed by atoms with van der Waals surface area (Å²) in [5.74, 6) is -2.29. The molecule has 0 radical (unpaired) electrons. The number of carbonyl (C=O) groups is 1. The Balaban J connectivity index is 2.36. The molecule has 0 fully saturated rings. The number of anilines is 2. The van der Waals surface area contributed by atoms with E-state index in [0.717, 1.165) is 22.3 Å². The fourth-order valence-corrected chi connectivity index (χ4v) is 2.49. The van der Waals surface area contributed by atoms with Gasteiger partial charge in [-0.2, -0.15) is 5.10 Å². The smallest absolute Gasteiger partial charge is 0.230 e. The van der Waals surface area contributed by atoms with Crippen LogP contribution in [0.5, 0.6) is 0 Å². The second kappa shape index (κ2) is 6.92. The van der Waals surface area contributed by atoms with Gasteiger partial charge in [-0.3, -0.25) is 9.69 Å². The number of thiazole rings is 1. The van der Waals surface area contributed by atoms with Crippen LogP contribution in [0.4, 0.5) is 19.6 Å². The quantitative estimate of drug-likeness (QED) is 0.502. The van der Waals surface area contributed by atoms with Gasteiger partial charge in [-0.1, -0.05) is 0 Å². The lowest BCUT2D eigenvalue weighted by atomic mass is 10.2. The van der Waals surface area contributed by atoms with Gasteiger partial charge in [-0.25, -0.2) is 13.8 Å². The molecule has 1 aromatic carbocycles. The third-order valence-electron chi connectivity index (χ3n) is 2.53. The number of rotatable bonds is 4. The molecule has 120 valence electrons. The highest BCUT2D eigenvalue weighted by Gasteiger charge is 2.21. The van der Waals surface area contributed by atoms with Crippen LogP contribution in [0, 0.1) is 11.6 Å². The number of nitrogens with two attached hydrogens (primary N) is 2. The number of hydrogen-bond acceptors (Lipinski definition) is 5. The zero-order valence-corrected chi connectivity index (χ0v) is 12.7. The highest BCUT2D eigenvalue weighted by atomic mass is 32.1. The zero-order chi connectivity index (χ0) is 17.0. The summed E-state index contributed by atoms with van der Waals surface area (Å²) in [7, 11) is 0. The average molecular weight is 338 g/mol. The standard InChI is InChI=1S/C13H12F2N6OS/c1-7(22)21(11-3-2-8(14)4-10(11)15)13-19-9(6-23-13)5-18-20-12(16)17/h2-6H,1H3,(H4,16,17,20)/b18-5-. The largest absolute Gasteiger partial charge is 0.369 e. The Labute approximate surface area is 134 Å². The fraction of sp³-hybridized carbons (Fsp3) is 0.0769. The molecule has 23 heavy (non-hydrogen) atoms. The molecule has 4 N–H and O–H groups in total. The minimum absolute atomic E-state index is 0.0963. The van der Waals surface area contributed by atoms with Gasteiger partial charge in [0.15, 0.2) is 5.13 Å². The van der Waals surface area contributed by atoms with Crippen molar-refractivity contribution in [2.24, 2.45) is 21.7 Å².